The van der Waals surface area contributed by atoms with Crippen molar-refractivity contribution in [1.29, 1.82) is 0 Å². The highest BCUT2D eigenvalue weighted by Crippen LogP contribution is 2.18. The molecule has 0 spiro atoms. The number of hydrazone groups is 1. The maximum atomic E-state index is 12.4. The van der Waals surface area contributed by atoms with Crippen molar-refractivity contribution in [3.63, 3.8) is 0 Å². The van der Waals surface area contributed by atoms with E-state index in [9.17, 15) is 24.6 Å². The van der Waals surface area contributed by atoms with E-state index in [4.69, 9.17) is 0 Å². The van der Waals surface area contributed by atoms with E-state index < -0.39 is 23.0 Å². The lowest BCUT2D eigenvalue weighted by atomic mass is 10.1. The molecule has 0 fully saturated rings. The van der Waals surface area contributed by atoms with Crippen LogP contribution in [0.2, 0.25) is 0 Å². The molecule has 1 amide bonds. The van der Waals surface area contributed by atoms with Crippen LogP contribution in [0.4, 0.5) is 0 Å². The van der Waals surface area contributed by atoms with Crippen molar-refractivity contribution in [2.24, 2.45) is 5.10 Å². The van der Waals surface area contributed by atoms with Gasteiger partial charge >= 0.3 is 5.69 Å². The smallest absolute Gasteiger partial charge is 0.335 e. The van der Waals surface area contributed by atoms with E-state index in [1.165, 1.54) is 12.1 Å². The summed E-state index contributed by atoms with van der Waals surface area (Å²) in [5, 5.41) is 24.3. The second kappa shape index (κ2) is 8.26. The van der Waals surface area contributed by atoms with E-state index >= 15 is 0 Å². The summed E-state index contributed by atoms with van der Waals surface area (Å²) in [6.45, 7) is 1.67. The number of para-hydroxylation sites is 2. The fourth-order valence-corrected chi connectivity index (χ4v) is 2.76. The molecule has 1 aromatic heterocycles. The van der Waals surface area contributed by atoms with Gasteiger partial charge in [0, 0.05) is 0 Å². The number of hydrogen-bond acceptors (Lipinski definition) is 6. The summed E-state index contributed by atoms with van der Waals surface area (Å²) in [4.78, 5) is 39.0. The lowest BCUT2D eigenvalue weighted by Gasteiger charge is -2.12. The summed E-state index contributed by atoms with van der Waals surface area (Å²) in [5.41, 5.74) is 0.769. The molecule has 9 heteroatoms. The Morgan fingerprint density at radius 2 is 1.72 bits per heavy atom. The highest BCUT2D eigenvalue weighted by molar-refractivity contribution is 6.03. The Morgan fingerprint density at radius 3 is 2.38 bits per heavy atom. The number of H-pyrrole nitrogens is 1. The van der Waals surface area contributed by atoms with Gasteiger partial charge in [-0.1, -0.05) is 37.3 Å². The minimum Gasteiger partial charge on any atom is -0.507 e. The second-order valence-corrected chi connectivity index (χ2v) is 6.00. The Bertz CT molecular complexity index is 1200. The molecule has 0 unspecified atom stereocenters. The SMILES string of the molecule is CCC(=NNC(=O)c1ccccc1O)c1c(O)n(-c2ccccc2)c(=O)[nH]c1=O. The van der Waals surface area contributed by atoms with Gasteiger partial charge in [0.25, 0.3) is 11.5 Å². The number of aromatic amines is 1. The minimum atomic E-state index is -0.836. The molecule has 3 aromatic rings. The third kappa shape index (κ3) is 3.93. The van der Waals surface area contributed by atoms with Crippen molar-refractivity contribution >= 4 is 11.6 Å². The fraction of sp³-hybridized carbons (Fsp3) is 0.100. The molecule has 0 aliphatic carbocycles. The molecule has 0 saturated heterocycles. The van der Waals surface area contributed by atoms with Gasteiger partial charge in [0.2, 0.25) is 5.88 Å². The number of rotatable bonds is 5. The zero-order valence-electron chi connectivity index (χ0n) is 15.4. The normalized spacial score (nSPS) is 11.3. The molecule has 1 heterocycles. The van der Waals surface area contributed by atoms with Crippen molar-refractivity contribution in [2.75, 3.05) is 0 Å². The number of benzene rings is 2. The van der Waals surface area contributed by atoms with E-state index in [1.807, 2.05) is 0 Å². The first-order valence-corrected chi connectivity index (χ1v) is 8.73. The van der Waals surface area contributed by atoms with Crippen LogP contribution in [0.15, 0.2) is 69.3 Å². The molecule has 29 heavy (non-hydrogen) atoms. The Balaban J connectivity index is 2.05. The number of aromatic nitrogens is 2. The largest absolute Gasteiger partial charge is 0.507 e. The van der Waals surface area contributed by atoms with Gasteiger partial charge in [-0.2, -0.15) is 5.10 Å². The maximum Gasteiger partial charge on any atom is 0.335 e. The first kappa shape index (κ1) is 19.6. The van der Waals surface area contributed by atoms with Crippen LogP contribution in [0.3, 0.4) is 0 Å². The molecular weight excluding hydrogens is 376 g/mol. The summed E-state index contributed by atoms with van der Waals surface area (Å²) in [5.74, 6) is -1.51. The fourth-order valence-electron chi connectivity index (χ4n) is 2.76. The van der Waals surface area contributed by atoms with E-state index in [0.717, 1.165) is 4.57 Å². The lowest BCUT2D eigenvalue weighted by Crippen LogP contribution is -2.33. The third-order valence-electron chi connectivity index (χ3n) is 4.16. The highest BCUT2D eigenvalue weighted by Gasteiger charge is 2.20. The average Bonchev–Trinajstić information content (AvgIpc) is 2.71. The summed E-state index contributed by atoms with van der Waals surface area (Å²) >= 11 is 0. The number of hydrogen-bond donors (Lipinski definition) is 4. The molecule has 148 valence electrons. The maximum absolute atomic E-state index is 12.4. The first-order valence-electron chi connectivity index (χ1n) is 8.73. The first-order chi connectivity index (χ1) is 13.9. The van der Waals surface area contributed by atoms with Crippen LogP contribution in [0, 0.1) is 0 Å². The van der Waals surface area contributed by atoms with Crippen molar-refractivity contribution in [3.05, 3.63) is 86.6 Å². The standard InChI is InChI=1S/C20H18N4O5/c1-2-14(22-23-17(26)13-10-6-7-11-15(13)25)16-18(27)21-20(29)24(19(16)28)12-8-4-3-5-9-12/h3-11,25,28H,2H2,1H3,(H,23,26)(H,21,27,29). The minimum absolute atomic E-state index is 0.000842. The molecule has 0 bridgehead atoms. The Labute approximate surface area is 164 Å². The van der Waals surface area contributed by atoms with E-state index in [0.29, 0.717) is 5.69 Å². The Hall–Kier alpha value is -4.14. The van der Waals surface area contributed by atoms with Crippen LogP contribution >= 0.6 is 0 Å². The van der Waals surface area contributed by atoms with Gasteiger partial charge in [-0.25, -0.2) is 14.8 Å². The van der Waals surface area contributed by atoms with Crippen LogP contribution < -0.4 is 16.7 Å². The molecule has 0 radical (unpaired) electrons. The predicted molar refractivity (Wildman–Crippen MR) is 107 cm³/mol. The topological polar surface area (TPSA) is 137 Å². The number of nitrogens with zero attached hydrogens (tertiary/aromatic N) is 2. The number of nitrogens with one attached hydrogen (secondary N) is 2. The number of amides is 1. The second-order valence-electron chi connectivity index (χ2n) is 6.00. The molecule has 0 aliphatic rings. The summed E-state index contributed by atoms with van der Waals surface area (Å²) in [6, 6.07) is 14.2. The van der Waals surface area contributed by atoms with Crippen LogP contribution in [0.5, 0.6) is 11.6 Å². The molecule has 2 aromatic carbocycles. The van der Waals surface area contributed by atoms with Crippen LogP contribution in [-0.4, -0.2) is 31.4 Å². The number of carbonyl (C=O) groups excluding carboxylic acids is 1. The van der Waals surface area contributed by atoms with Crippen molar-refractivity contribution in [1.82, 2.24) is 15.0 Å². The number of carbonyl (C=O) groups is 1. The average molecular weight is 394 g/mol. The molecule has 3 rings (SSSR count). The van der Waals surface area contributed by atoms with E-state index in [1.54, 1.807) is 49.4 Å². The number of phenolic OH excluding ortho intramolecular Hbond substituents is 1. The Kier molecular flexibility index (Phi) is 5.59. The predicted octanol–water partition coefficient (Wildman–Crippen LogP) is 1.48. The van der Waals surface area contributed by atoms with Crippen molar-refractivity contribution in [3.8, 4) is 17.3 Å². The molecule has 0 atom stereocenters. The van der Waals surface area contributed by atoms with Gasteiger partial charge < -0.3 is 10.2 Å². The van der Waals surface area contributed by atoms with Crippen LogP contribution in [-0.2, 0) is 0 Å². The zero-order chi connectivity index (χ0) is 21.0. The van der Waals surface area contributed by atoms with E-state index in [-0.39, 0.29) is 29.0 Å². The van der Waals surface area contributed by atoms with Gasteiger partial charge in [0.1, 0.15) is 11.3 Å². The van der Waals surface area contributed by atoms with Crippen molar-refractivity contribution in [2.45, 2.75) is 13.3 Å². The molecule has 4 N–H and O–H groups in total. The number of phenols is 1. The summed E-state index contributed by atoms with van der Waals surface area (Å²) in [7, 11) is 0. The van der Waals surface area contributed by atoms with Gasteiger partial charge in [0.05, 0.1) is 17.0 Å². The highest BCUT2D eigenvalue weighted by atomic mass is 16.3. The molecule has 0 aliphatic heterocycles. The van der Waals surface area contributed by atoms with Crippen LogP contribution in [0.1, 0.15) is 29.3 Å². The third-order valence-corrected chi connectivity index (χ3v) is 4.16. The summed E-state index contributed by atoms with van der Waals surface area (Å²) < 4.78 is 0.937. The molecule has 0 saturated carbocycles. The van der Waals surface area contributed by atoms with Gasteiger partial charge in [0.15, 0.2) is 0 Å². The van der Waals surface area contributed by atoms with E-state index in [2.05, 4.69) is 15.5 Å². The summed E-state index contributed by atoms with van der Waals surface area (Å²) in [6.07, 6.45) is 0.171. The molecular formula is C20H18N4O5. The quantitative estimate of drug-likeness (QED) is 0.384. The zero-order valence-corrected chi connectivity index (χ0v) is 15.4. The van der Waals surface area contributed by atoms with Gasteiger partial charge in [-0.05, 0) is 30.7 Å². The van der Waals surface area contributed by atoms with Gasteiger partial charge in [-0.3, -0.25) is 14.6 Å². The lowest BCUT2D eigenvalue weighted by molar-refractivity contribution is 0.0952. The van der Waals surface area contributed by atoms with Crippen molar-refractivity contribution < 1.29 is 15.0 Å². The number of aromatic hydroxyl groups is 2. The Morgan fingerprint density at radius 1 is 1.07 bits per heavy atom. The van der Waals surface area contributed by atoms with Gasteiger partial charge in [-0.15, -0.1) is 0 Å². The van der Waals surface area contributed by atoms with Crippen LogP contribution in [0.25, 0.3) is 5.69 Å². The monoisotopic (exact) mass is 394 g/mol. The molecule has 9 nitrogen and oxygen atoms in total.